The minimum absolute atomic E-state index is 0.289. The molecule has 0 spiro atoms. The van der Waals surface area contributed by atoms with Crippen molar-refractivity contribution in [1.82, 2.24) is 5.32 Å². The summed E-state index contributed by atoms with van der Waals surface area (Å²) in [6.07, 6.45) is 1.28. The molecule has 0 unspecified atom stereocenters. The molecule has 1 fully saturated rings. The molecule has 3 rings (SSSR count). The fraction of sp³-hybridized carbons (Fsp3) is 0.316. The fourth-order valence-electron chi connectivity index (χ4n) is 2.86. The van der Waals surface area contributed by atoms with E-state index in [-0.39, 0.29) is 5.97 Å². The molecular weight excluding hydrogens is 274 g/mol. The van der Waals surface area contributed by atoms with E-state index in [2.05, 4.69) is 35.6 Å². The van der Waals surface area contributed by atoms with Crippen LogP contribution in [0.4, 0.5) is 0 Å². The van der Waals surface area contributed by atoms with Gasteiger partial charge in [-0.25, -0.2) is 4.79 Å². The van der Waals surface area contributed by atoms with Crippen molar-refractivity contribution in [2.75, 3.05) is 13.7 Å². The van der Waals surface area contributed by atoms with Crippen molar-refractivity contribution in [3.63, 3.8) is 0 Å². The predicted octanol–water partition coefficient (Wildman–Crippen LogP) is 3.37. The standard InChI is InChI=1S/C19H21NO2/c1-22-19(21)16-9-7-14(8-10-16)12-20-13-17-11-18(17)15-5-3-2-4-6-15/h2-10,17-18,20H,11-13H2,1H3/t17-,18-/m0/s1. The van der Waals surface area contributed by atoms with Crippen molar-refractivity contribution in [3.05, 3.63) is 71.3 Å². The Labute approximate surface area is 131 Å². The molecule has 0 amide bonds. The van der Waals surface area contributed by atoms with Gasteiger partial charge in [0.25, 0.3) is 0 Å². The Morgan fingerprint density at radius 1 is 1.14 bits per heavy atom. The molecule has 1 saturated carbocycles. The zero-order chi connectivity index (χ0) is 15.4. The summed E-state index contributed by atoms with van der Waals surface area (Å²) in [5, 5.41) is 3.51. The Kier molecular flexibility index (Phi) is 4.54. The lowest BCUT2D eigenvalue weighted by atomic mass is 10.1. The summed E-state index contributed by atoms with van der Waals surface area (Å²) in [5.41, 5.74) is 3.24. The molecule has 2 aromatic carbocycles. The van der Waals surface area contributed by atoms with Gasteiger partial charge in [-0.3, -0.25) is 0 Å². The smallest absolute Gasteiger partial charge is 0.337 e. The Balaban J connectivity index is 1.44. The van der Waals surface area contributed by atoms with E-state index in [0.717, 1.165) is 24.9 Å². The van der Waals surface area contributed by atoms with Crippen LogP contribution in [-0.4, -0.2) is 19.6 Å². The van der Waals surface area contributed by atoms with Crippen LogP contribution in [0.2, 0.25) is 0 Å². The normalized spacial score (nSPS) is 19.7. The van der Waals surface area contributed by atoms with Gasteiger partial charge in [0.2, 0.25) is 0 Å². The number of carbonyl (C=O) groups excluding carboxylic acids is 1. The molecule has 3 nitrogen and oxygen atoms in total. The summed E-state index contributed by atoms with van der Waals surface area (Å²) in [7, 11) is 1.40. The average molecular weight is 295 g/mol. The van der Waals surface area contributed by atoms with Crippen LogP contribution < -0.4 is 5.32 Å². The summed E-state index contributed by atoms with van der Waals surface area (Å²) in [6, 6.07) is 18.3. The molecule has 3 heteroatoms. The van der Waals surface area contributed by atoms with E-state index in [0.29, 0.717) is 5.56 Å². The van der Waals surface area contributed by atoms with Crippen LogP contribution in [0.25, 0.3) is 0 Å². The summed E-state index contributed by atoms with van der Waals surface area (Å²) >= 11 is 0. The number of ether oxygens (including phenoxy) is 1. The largest absolute Gasteiger partial charge is 0.465 e. The molecule has 114 valence electrons. The quantitative estimate of drug-likeness (QED) is 0.830. The van der Waals surface area contributed by atoms with E-state index in [1.165, 1.54) is 24.7 Å². The Morgan fingerprint density at radius 2 is 1.86 bits per heavy atom. The zero-order valence-corrected chi connectivity index (χ0v) is 12.8. The highest BCUT2D eigenvalue weighted by molar-refractivity contribution is 5.89. The van der Waals surface area contributed by atoms with Crippen LogP contribution in [-0.2, 0) is 11.3 Å². The lowest BCUT2D eigenvalue weighted by Gasteiger charge is -2.06. The van der Waals surface area contributed by atoms with Crippen molar-refractivity contribution in [2.24, 2.45) is 5.92 Å². The molecule has 0 aliphatic heterocycles. The monoisotopic (exact) mass is 295 g/mol. The molecule has 2 atom stereocenters. The van der Waals surface area contributed by atoms with Crippen LogP contribution in [0.5, 0.6) is 0 Å². The molecule has 1 aliphatic carbocycles. The minimum atomic E-state index is -0.289. The van der Waals surface area contributed by atoms with Crippen LogP contribution in [0.3, 0.4) is 0 Å². The predicted molar refractivity (Wildman–Crippen MR) is 86.8 cm³/mol. The molecule has 2 aromatic rings. The number of rotatable bonds is 6. The van der Waals surface area contributed by atoms with E-state index in [1.807, 2.05) is 24.3 Å². The van der Waals surface area contributed by atoms with Gasteiger partial charge in [-0.05, 0) is 48.1 Å². The molecule has 1 aliphatic rings. The van der Waals surface area contributed by atoms with E-state index in [1.54, 1.807) is 0 Å². The third kappa shape index (κ3) is 3.55. The van der Waals surface area contributed by atoms with E-state index >= 15 is 0 Å². The SMILES string of the molecule is COC(=O)c1ccc(CNC[C@@H]2C[C@H]2c2ccccc2)cc1. The van der Waals surface area contributed by atoms with Gasteiger partial charge in [0.1, 0.15) is 0 Å². The average Bonchev–Trinajstić information content (AvgIpc) is 3.35. The maximum absolute atomic E-state index is 11.4. The zero-order valence-electron chi connectivity index (χ0n) is 12.8. The minimum Gasteiger partial charge on any atom is -0.465 e. The molecule has 0 heterocycles. The highest BCUT2D eigenvalue weighted by Gasteiger charge is 2.37. The third-order valence-corrected chi connectivity index (χ3v) is 4.26. The van der Waals surface area contributed by atoms with Gasteiger partial charge in [-0.15, -0.1) is 0 Å². The van der Waals surface area contributed by atoms with Crippen molar-refractivity contribution in [1.29, 1.82) is 0 Å². The maximum atomic E-state index is 11.4. The molecule has 22 heavy (non-hydrogen) atoms. The van der Waals surface area contributed by atoms with Crippen LogP contribution in [0.15, 0.2) is 54.6 Å². The number of carbonyl (C=O) groups is 1. The Hall–Kier alpha value is -2.13. The van der Waals surface area contributed by atoms with Crippen molar-refractivity contribution < 1.29 is 9.53 Å². The van der Waals surface area contributed by atoms with Gasteiger partial charge in [-0.1, -0.05) is 42.5 Å². The van der Waals surface area contributed by atoms with Gasteiger partial charge in [-0.2, -0.15) is 0 Å². The lowest BCUT2D eigenvalue weighted by molar-refractivity contribution is 0.0600. The molecule has 0 saturated heterocycles. The second kappa shape index (κ2) is 6.75. The molecule has 0 aromatic heterocycles. The van der Waals surface area contributed by atoms with E-state index in [9.17, 15) is 4.79 Å². The molecule has 1 N–H and O–H groups in total. The highest BCUT2D eigenvalue weighted by atomic mass is 16.5. The topological polar surface area (TPSA) is 38.3 Å². The Morgan fingerprint density at radius 3 is 2.55 bits per heavy atom. The Bertz CT molecular complexity index is 622. The van der Waals surface area contributed by atoms with Gasteiger partial charge < -0.3 is 10.1 Å². The van der Waals surface area contributed by atoms with Gasteiger partial charge in [0.15, 0.2) is 0 Å². The molecular formula is C19H21NO2. The number of nitrogens with one attached hydrogen (secondary N) is 1. The number of benzene rings is 2. The maximum Gasteiger partial charge on any atom is 0.337 e. The van der Waals surface area contributed by atoms with E-state index < -0.39 is 0 Å². The van der Waals surface area contributed by atoms with Crippen molar-refractivity contribution >= 4 is 5.97 Å². The second-order valence-corrected chi connectivity index (χ2v) is 5.83. The first kappa shape index (κ1) is 14.8. The lowest BCUT2D eigenvalue weighted by Crippen LogP contribution is -2.16. The van der Waals surface area contributed by atoms with Crippen molar-refractivity contribution in [2.45, 2.75) is 18.9 Å². The number of hydrogen-bond acceptors (Lipinski definition) is 3. The van der Waals surface area contributed by atoms with Crippen molar-refractivity contribution in [3.8, 4) is 0 Å². The molecule has 0 radical (unpaired) electrons. The van der Waals surface area contributed by atoms with Gasteiger partial charge in [0.05, 0.1) is 12.7 Å². The highest BCUT2D eigenvalue weighted by Crippen LogP contribution is 2.46. The summed E-state index contributed by atoms with van der Waals surface area (Å²) in [5.74, 6) is 1.18. The number of methoxy groups -OCH3 is 1. The molecule has 0 bridgehead atoms. The third-order valence-electron chi connectivity index (χ3n) is 4.26. The first-order chi connectivity index (χ1) is 10.8. The summed E-state index contributed by atoms with van der Waals surface area (Å²) in [6.45, 7) is 1.87. The second-order valence-electron chi connectivity index (χ2n) is 5.83. The number of esters is 1. The van der Waals surface area contributed by atoms with Gasteiger partial charge in [0, 0.05) is 6.54 Å². The summed E-state index contributed by atoms with van der Waals surface area (Å²) < 4.78 is 4.70. The van der Waals surface area contributed by atoms with Crippen LogP contribution in [0, 0.1) is 5.92 Å². The fourth-order valence-corrected chi connectivity index (χ4v) is 2.86. The van der Waals surface area contributed by atoms with E-state index in [4.69, 9.17) is 4.74 Å². The van der Waals surface area contributed by atoms with Crippen LogP contribution in [0.1, 0.15) is 33.8 Å². The number of hydrogen-bond donors (Lipinski definition) is 1. The first-order valence-corrected chi connectivity index (χ1v) is 7.71. The first-order valence-electron chi connectivity index (χ1n) is 7.71. The van der Waals surface area contributed by atoms with Crippen LogP contribution >= 0.6 is 0 Å². The van der Waals surface area contributed by atoms with Gasteiger partial charge >= 0.3 is 5.97 Å². The summed E-state index contributed by atoms with van der Waals surface area (Å²) in [4.78, 5) is 11.4.